The van der Waals surface area contributed by atoms with Crippen LogP contribution in [-0.2, 0) is 0 Å². The normalized spacial score (nSPS) is 15.6. The zero-order chi connectivity index (χ0) is 12.4. The number of hydrogen-bond acceptors (Lipinski definition) is 5. The molecule has 0 saturated heterocycles. The molecule has 2 rings (SSSR count). The van der Waals surface area contributed by atoms with Gasteiger partial charge in [0.05, 0.1) is 12.3 Å². The van der Waals surface area contributed by atoms with Gasteiger partial charge in [0.1, 0.15) is 4.88 Å². The summed E-state index contributed by atoms with van der Waals surface area (Å²) in [6.07, 6.45) is 3.21. The van der Waals surface area contributed by atoms with Gasteiger partial charge in [0.15, 0.2) is 5.13 Å². The number of amides is 1. The van der Waals surface area contributed by atoms with Crippen LogP contribution >= 0.6 is 11.3 Å². The van der Waals surface area contributed by atoms with Gasteiger partial charge in [0.25, 0.3) is 5.91 Å². The zero-order valence-electron chi connectivity index (χ0n) is 9.85. The maximum absolute atomic E-state index is 12.3. The second-order valence-corrected chi connectivity index (χ2v) is 5.30. The fourth-order valence-corrected chi connectivity index (χ4v) is 2.79. The Hall–Kier alpha value is -1.14. The first-order valence-electron chi connectivity index (χ1n) is 5.78. The van der Waals surface area contributed by atoms with Crippen molar-refractivity contribution in [1.29, 1.82) is 0 Å². The first-order valence-corrected chi connectivity index (χ1v) is 6.60. The second-order valence-electron chi connectivity index (χ2n) is 4.27. The van der Waals surface area contributed by atoms with Crippen LogP contribution in [0, 0.1) is 6.92 Å². The van der Waals surface area contributed by atoms with Gasteiger partial charge in [-0.15, -0.1) is 0 Å². The highest BCUT2D eigenvalue weighted by molar-refractivity contribution is 7.17. The standard InChI is InChI=1S/C11H17N3O2S/c1-7-9(17-11(12)13-7)10(16)14(5-6-15)8-3-2-4-8/h8,15H,2-6H2,1H3,(H2,12,13). The van der Waals surface area contributed by atoms with E-state index in [9.17, 15) is 4.79 Å². The highest BCUT2D eigenvalue weighted by Gasteiger charge is 2.30. The molecule has 1 aromatic heterocycles. The van der Waals surface area contributed by atoms with Gasteiger partial charge in [-0.05, 0) is 26.2 Å². The van der Waals surface area contributed by atoms with Crippen LogP contribution in [0.2, 0.25) is 0 Å². The Kier molecular flexibility index (Phi) is 3.63. The molecule has 1 fully saturated rings. The summed E-state index contributed by atoms with van der Waals surface area (Å²) in [5.74, 6) is -0.0459. The Labute approximate surface area is 104 Å². The molecule has 0 aromatic carbocycles. The van der Waals surface area contributed by atoms with Crippen LogP contribution in [0.1, 0.15) is 34.6 Å². The van der Waals surface area contributed by atoms with Crippen molar-refractivity contribution < 1.29 is 9.90 Å². The number of carbonyl (C=O) groups excluding carboxylic acids is 1. The van der Waals surface area contributed by atoms with Gasteiger partial charge >= 0.3 is 0 Å². The van der Waals surface area contributed by atoms with E-state index in [2.05, 4.69) is 4.98 Å². The maximum Gasteiger partial charge on any atom is 0.266 e. The number of aryl methyl sites for hydroxylation is 1. The highest BCUT2D eigenvalue weighted by Crippen LogP contribution is 2.28. The molecule has 0 spiro atoms. The smallest absolute Gasteiger partial charge is 0.266 e. The molecule has 0 radical (unpaired) electrons. The third kappa shape index (κ3) is 2.42. The number of rotatable bonds is 4. The summed E-state index contributed by atoms with van der Waals surface area (Å²) in [6.45, 7) is 2.17. The van der Waals surface area contributed by atoms with Crippen LogP contribution in [0.5, 0.6) is 0 Å². The van der Waals surface area contributed by atoms with E-state index in [0.717, 1.165) is 19.3 Å². The minimum atomic E-state index is -0.0459. The average Bonchev–Trinajstić information content (AvgIpc) is 2.53. The fourth-order valence-electron chi connectivity index (χ4n) is 2.00. The highest BCUT2D eigenvalue weighted by atomic mass is 32.1. The van der Waals surface area contributed by atoms with E-state index in [1.165, 1.54) is 11.3 Å². The van der Waals surface area contributed by atoms with Crippen molar-refractivity contribution in [3.63, 3.8) is 0 Å². The number of nitrogen functional groups attached to an aromatic ring is 1. The van der Waals surface area contributed by atoms with Crippen molar-refractivity contribution in [2.45, 2.75) is 32.2 Å². The molecular formula is C11H17N3O2S. The maximum atomic E-state index is 12.3. The lowest BCUT2D eigenvalue weighted by Crippen LogP contribution is -2.45. The van der Waals surface area contributed by atoms with Gasteiger partial charge in [-0.2, -0.15) is 0 Å². The predicted octanol–water partition coefficient (Wildman–Crippen LogP) is 1.02. The van der Waals surface area contributed by atoms with Gasteiger partial charge < -0.3 is 15.7 Å². The monoisotopic (exact) mass is 255 g/mol. The number of aliphatic hydroxyl groups excluding tert-OH is 1. The molecule has 0 unspecified atom stereocenters. The molecule has 5 nitrogen and oxygen atoms in total. The summed E-state index contributed by atoms with van der Waals surface area (Å²) in [6, 6.07) is 0.275. The fraction of sp³-hybridized carbons (Fsp3) is 0.636. The van der Waals surface area contributed by atoms with Crippen LogP contribution in [0.3, 0.4) is 0 Å². The topological polar surface area (TPSA) is 79.5 Å². The largest absolute Gasteiger partial charge is 0.395 e. The van der Waals surface area contributed by atoms with Gasteiger partial charge in [-0.3, -0.25) is 4.79 Å². The average molecular weight is 255 g/mol. The van der Waals surface area contributed by atoms with Gasteiger partial charge in [-0.25, -0.2) is 4.98 Å². The molecule has 1 aromatic rings. The number of hydrogen-bond donors (Lipinski definition) is 2. The minimum Gasteiger partial charge on any atom is -0.395 e. The van der Waals surface area contributed by atoms with Crippen LogP contribution in [0.15, 0.2) is 0 Å². The molecule has 6 heteroatoms. The summed E-state index contributed by atoms with van der Waals surface area (Å²) < 4.78 is 0. The van der Waals surface area contributed by atoms with Crippen molar-refractivity contribution >= 4 is 22.4 Å². The SMILES string of the molecule is Cc1nc(N)sc1C(=O)N(CCO)C1CCC1. The quantitative estimate of drug-likeness (QED) is 0.842. The molecular weight excluding hydrogens is 238 g/mol. The van der Waals surface area contributed by atoms with Crippen LogP contribution in [-0.4, -0.2) is 40.1 Å². The number of nitrogens with zero attached hydrogens (tertiary/aromatic N) is 2. The molecule has 1 aliphatic carbocycles. The first-order chi connectivity index (χ1) is 8.13. The second kappa shape index (κ2) is 5.01. The van der Waals surface area contributed by atoms with Crippen molar-refractivity contribution in [2.24, 2.45) is 0 Å². The lowest BCUT2D eigenvalue weighted by molar-refractivity contribution is 0.0529. The van der Waals surface area contributed by atoms with Crippen LogP contribution < -0.4 is 5.73 Å². The van der Waals surface area contributed by atoms with Gasteiger partial charge in [-0.1, -0.05) is 11.3 Å². The minimum absolute atomic E-state index is 0.00439. The molecule has 0 bridgehead atoms. The number of aromatic nitrogens is 1. The number of thiazole rings is 1. The summed E-state index contributed by atoms with van der Waals surface area (Å²) in [4.78, 5) is 18.8. The third-order valence-electron chi connectivity index (χ3n) is 3.12. The van der Waals surface area contributed by atoms with E-state index in [1.54, 1.807) is 11.8 Å². The molecule has 0 atom stereocenters. The van der Waals surface area contributed by atoms with E-state index in [-0.39, 0.29) is 18.6 Å². The summed E-state index contributed by atoms with van der Waals surface area (Å²) in [7, 11) is 0. The summed E-state index contributed by atoms with van der Waals surface area (Å²) in [5, 5.41) is 9.46. The van der Waals surface area contributed by atoms with Crippen LogP contribution in [0.4, 0.5) is 5.13 Å². The Balaban J connectivity index is 2.17. The number of carbonyl (C=O) groups is 1. The lowest BCUT2D eigenvalue weighted by atomic mass is 9.91. The Bertz CT molecular complexity index is 415. The molecule has 94 valence electrons. The van der Waals surface area contributed by atoms with Crippen LogP contribution in [0.25, 0.3) is 0 Å². The molecule has 1 saturated carbocycles. The van der Waals surface area contributed by atoms with E-state index >= 15 is 0 Å². The van der Waals surface area contributed by atoms with Crippen molar-refractivity contribution in [2.75, 3.05) is 18.9 Å². The first kappa shape index (κ1) is 12.3. The molecule has 1 aliphatic rings. The summed E-state index contributed by atoms with van der Waals surface area (Å²) >= 11 is 1.22. The third-order valence-corrected chi connectivity index (χ3v) is 4.10. The lowest BCUT2D eigenvalue weighted by Gasteiger charge is -2.37. The summed E-state index contributed by atoms with van der Waals surface area (Å²) in [5.41, 5.74) is 6.28. The Morgan fingerprint density at radius 3 is 2.76 bits per heavy atom. The zero-order valence-corrected chi connectivity index (χ0v) is 10.7. The number of anilines is 1. The van der Waals surface area contributed by atoms with Crippen molar-refractivity contribution in [3.05, 3.63) is 10.6 Å². The van der Waals surface area contributed by atoms with Crippen molar-refractivity contribution in [3.8, 4) is 0 Å². The van der Waals surface area contributed by atoms with E-state index in [1.807, 2.05) is 0 Å². The molecule has 17 heavy (non-hydrogen) atoms. The van der Waals surface area contributed by atoms with Gasteiger partial charge in [0.2, 0.25) is 0 Å². The Morgan fingerprint density at radius 2 is 2.35 bits per heavy atom. The van der Waals surface area contributed by atoms with Gasteiger partial charge in [0, 0.05) is 12.6 Å². The van der Waals surface area contributed by atoms with E-state index in [4.69, 9.17) is 10.8 Å². The molecule has 0 aliphatic heterocycles. The Morgan fingerprint density at radius 1 is 1.65 bits per heavy atom. The predicted molar refractivity (Wildman–Crippen MR) is 67.0 cm³/mol. The number of aliphatic hydroxyl groups is 1. The van der Waals surface area contributed by atoms with E-state index in [0.29, 0.717) is 22.2 Å². The molecule has 1 heterocycles. The number of nitrogens with two attached hydrogens (primary N) is 1. The van der Waals surface area contributed by atoms with Crippen molar-refractivity contribution in [1.82, 2.24) is 9.88 Å². The molecule has 1 amide bonds. The molecule has 3 N–H and O–H groups in total. The van der Waals surface area contributed by atoms with E-state index < -0.39 is 0 Å².